The van der Waals surface area contributed by atoms with E-state index in [-0.39, 0.29) is 19.1 Å². The zero-order valence-corrected chi connectivity index (χ0v) is 15.9. The van der Waals surface area contributed by atoms with Gasteiger partial charge >= 0.3 is 18.2 Å². The first-order chi connectivity index (χ1) is 14.3. The van der Waals surface area contributed by atoms with Crippen LogP contribution in [0.25, 0.3) is 11.1 Å². The molecule has 1 amide bonds. The summed E-state index contributed by atoms with van der Waals surface area (Å²) in [6, 6.07) is 15.4. The molecule has 1 saturated heterocycles. The second-order valence-corrected chi connectivity index (χ2v) is 7.72. The topological polar surface area (TPSA) is 66.8 Å². The van der Waals surface area contributed by atoms with Gasteiger partial charge in [0.2, 0.25) is 0 Å². The van der Waals surface area contributed by atoms with Crippen molar-refractivity contribution in [2.45, 2.75) is 18.5 Å². The summed E-state index contributed by atoms with van der Waals surface area (Å²) in [6.45, 7) is -0.916. The van der Waals surface area contributed by atoms with Crippen molar-refractivity contribution in [3.8, 4) is 11.1 Å². The van der Waals surface area contributed by atoms with E-state index in [4.69, 9.17) is 4.74 Å². The van der Waals surface area contributed by atoms with Gasteiger partial charge in [-0.05, 0) is 28.7 Å². The molecule has 2 aromatic carbocycles. The number of alkyl halides is 3. The number of ether oxygens (including phenoxy) is 1. The third kappa shape index (κ3) is 3.74. The highest BCUT2D eigenvalue weighted by atomic mass is 19.4. The first-order valence-corrected chi connectivity index (χ1v) is 9.65. The summed E-state index contributed by atoms with van der Waals surface area (Å²) in [5.74, 6) is -4.72. The number of fused-ring (bicyclic) bond motifs is 3. The zero-order chi connectivity index (χ0) is 21.5. The molecule has 8 heteroatoms. The summed E-state index contributed by atoms with van der Waals surface area (Å²) in [6.07, 6.45) is -6.03. The first-order valence-electron chi connectivity index (χ1n) is 9.65. The maximum atomic E-state index is 13.2. The van der Waals surface area contributed by atoms with Gasteiger partial charge in [0, 0.05) is 19.0 Å². The normalized spacial score (nSPS) is 21.1. The molecule has 1 heterocycles. The number of carboxylic acids is 1. The lowest BCUT2D eigenvalue weighted by molar-refractivity contribution is -0.192. The Balaban J connectivity index is 1.50. The van der Waals surface area contributed by atoms with Crippen LogP contribution in [-0.2, 0) is 9.53 Å². The molecule has 1 N–H and O–H groups in total. The number of carboxylic acid groups (broad SMARTS) is 1. The number of amides is 1. The Morgan fingerprint density at radius 2 is 1.57 bits per heavy atom. The summed E-state index contributed by atoms with van der Waals surface area (Å²) in [4.78, 5) is 24.7. The Morgan fingerprint density at radius 3 is 2.10 bits per heavy atom. The number of aliphatic carboxylic acids is 1. The molecule has 2 aromatic rings. The Hall–Kier alpha value is -3.03. The summed E-state index contributed by atoms with van der Waals surface area (Å²) >= 11 is 0. The molecule has 0 aromatic heterocycles. The molecule has 30 heavy (non-hydrogen) atoms. The predicted octanol–water partition coefficient (Wildman–Crippen LogP) is 4.52. The number of hydrogen-bond donors (Lipinski definition) is 1. The van der Waals surface area contributed by atoms with Crippen LogP contribution in [0.2, 0.25) is 0 Å². The second kappa shape index (κ2) is 7.66. The number of rotatable bonds is 3. The van der Waals surface area contributed by atoms with E-state index in [2.05, 4.69) is 0 Å². The van der Waals surface area contributed by atoms with Crippen molar-refractivity contribution in [1.29, 1.82) is 0 Å². The molecule has 2 aliphatic rings. The van der Waals surface area contributed by atoms with Crippen LogP contribution in [0.15, 0.2) is 48.5 Å². The van der Waals surface area contributed by atoms with Crippen molar-refractivity contribution in [1.82, 2.24) is 4.90 Å². The lowest BCUT2D eigenvalue weighted by atomic mass is 9.89. The Morgan fingerprint density at radius 1 is 1.00 bits per heavy atom. The fraction of sp³-hybridized carbons (Fsp3) is 0.364. The van der Waals surface area contributed by atoms with Crippen molar-refractivity contribution in [3.05, 3.63) is 59.7 Å². The molecule has 0 spiro atoms. The predicted molar refractivity (Wildman–Crippen MR) is 102 cm³/mol. The number of hydrogen-bond acceptors (Lipinski definition) is 3. The molecule has 0 bridgehead atoms. The number of piperidine rings is 1. The van der Waals surface area contributed by atoms with Crippen LogP contribution in [0.5, 0.6) is 0 Å². The standard InChI is InChI=1S/C22H20F3NO4/c23-22(24,25)14-9-13(20(27)28)10-26(11-14)21(29)30-12-19-17-7-3-1-5-15(17)16-6-2-4-8-18(16)19/h1-8,13-14,19H,9-12H2,(H,27,28). The highest BCUT2D eigenvalue weighted by Gasteiger charge is 2.47. The van der Waals surface area contributed by atoms with Crippen LogP contribution in [0, 0.1) is 11.8 Å². The van der Waals surface area contributed by atoms with Crippen LogP contribution in [-0.4, -0.2) is 47.9 Å². The van der Waals surface area contributed by atoms with E-state index in [0.717, 1.165) is 27.2 Å². The fourth-order valence-corrected chi connectivity index (χ4v) is 4.35. The van der Waals surface area contributed by atoms with Gasteiger partial charge < -0.3 is 14.7 Å². The molecular weight excluding hydrogens is 399 g/mol. The minimum absolute atomic E-state index is 0.0300. The number of likely N-dealkylation sites (tertiary alicyclic amines) is 1. The van der Waals surface area contributed by atoms with Gasteiger partial charge in [0.1, 0.15) is 6.61 Å². The number of carbonyl (C=O) groups excluding carboxylic acids is 1. The second-order valence-electron chi connectivity index (χ2n) is 7.72. The molecule has 158 valence electrons. The van der Waals surface area contributed by atoms with Crippen LogP contribution in [0.3, 0.4) is 0 Å². The van der Waals surface area contributed by atoms with Crippen molar-refractivity contribution >= 4 is 12.1 Å². The van der Waals surface area contributed by atoms with Crippen molar-refractivity contribution in [3.63, 3.8) is 0 Å². The highest BCUT2D eigenvalue weighted by Crippen LogP contribution is 2.44. The summed E-state index contributed by atoms with van der Waals surface area (Å²) in [7, 11) is 0. The minimum atomic E-state index is -4.57. The summed E-state index contributed by atoms with van der Waals surface area (Å²) < 4.78 is 45.0. The smallest absolute Gasteiger partial charge is 0.409 e. The van der Waals surface area contributed by atoms with Crippen LogP contribution in [0.4, 0.5) is 18.0 Å². The van der Waals surface area contributed by atoms with Gasteiger partial charge in [-0.3, -0.25) is 4.79 Å². The summed E-state index contributed by atoms with van der Waals surface area (Å²) in [5, 5.41) is 9.20. The first kappa shape index (κ1) is 20.3. The van der Waals surface area contributed by atoms with Crippen molar-refractivity contribution in [2.24, 2.45) is 11.8 Å². The zero-order valence-electron chi connectivity index (χ0n) is 15.9. The Kier molecular flexibility index (Phi) is 5.17. The van der Waals surface area contributed by atoms with Crippen LogP contribution < -0.4 is 0 Å². The van der Waals surface area contributed by atoms with E-state index >= 15 is 0 Å². The molecule has 0 radical (unpaired) electrons. The number of carbonyl (C=O) groups is 2. The third-order valence-corrected chi connectivity index (χ3v) is 5.86. The van der Waals surface area contributed by atoms with E-state index in [9.17, 15) is 27.9 Å². The Labute approximate surface area is 171 Å². The molecule has 1 aliphatic heterocycles. The highest BCUT2D eigenvalue weighted by molar-refractivity contribution is 5.79. The van der Waals surface area contributed by atoms with E-state index in [0.29, 0.717) is 0 Å². The van der Waals surface area contributed by atoms with E-state index in [1.54, 1.807) is 0 Å². The molecule has 0 saturated carbocycles. The van der Waals surface area contributed by atoms with E-state index < -0.39 is 43.0 Å². The maximum Gasteiger partial charge on any atom is 0.409 e. The Bertz CT molecular complexity index is 929. The van der Waals surface area contributed by atoms with Gasteiger partial charge in [0.15, 0.2) is 0 Å². The minimum Gasteiger partial charge on any atom is -0.481 e. The monoisotopic (exact) mass is 419 g/mol. The number of halogens is 3. The molecule has 1 fully saturated rings. The fourth-order valence-electron chi connectivity index (χ4n) is 4.35. The molecular formula is C22H20F3NO4. The molecule has 4 rings (SSSR count). The molecule has 2 unspecified atom stereocenters. The van der Waals surface area contributed by atoms with Gasteiger partial charge in [-0.2, -0.15) is 13.2 Å². The lowest BCUT2D eigenvalue weighted by Gasteiger charge is -2.36. The summed E-state index contributed by atoms with van der Waals surface area (Å²) in [5.41, 5.74) is 4.05. The van der Waals surface area contributed by atoms with Gasteiger partial charge in [-0.15, -0.1) is 0 Å². The van der Waals surface area contributed by atoms with Gasteiger partial charge in [-0.25, -0.2) is 4.79 Å². The van der Waals surface area contributed by atoms with E-state index in [1.165, 1.54) is 0 Å². The van der Waals surface area contributed by atoms with Crippen LogP contribution in [0.1, 0.15) is 23.5 Å². The van der Waals surface area contributed by atoms with Gasteiger partial charge in [0.05, 0.1) is 11.8 Å². The van der Waals surface area contributed by atoms with Crippen LogP contribution >= 0.6 is 0 Å². The maximum absolute atomic E-state index is 13.2. The quantitative estimate of drug-likeness (QED) is 0.795. The van der Waals surface area contributed by atoms with Crippen molar-refractivity contribution in [2.75, 3.05) is 19.7 Å². The van der Waals surface area contributed by atoms with Gasteiger partial charge in [0.25, 0.3) is 0 Å². The number of nitrogens with zero attached hydrogens (tertiary/aromatic N) is 1. The molecule has 2 atom stereocenters. The lowest BCUT2D eigenvalue weighted by Crippen LogP contribution is -2.50. The van der Waals surface area contributed by atoms with Gasteiger partial charge in [-0.1, -0.05) is 48.5 Å². The van der Waals surface area contributed by atoms with Crippen molar-refractivity contribution < 1.29 is 32.6 Å². The average molecular weight is 419 g/mol. The molecule has 1 aliphatic carbocycles. The average Bonchev–Trinajstić information content (AvgIpc) is 3.05. The molecule has 5 nitrogen and oxygen atoms in total. The largest absolute Gasteiger partial charge is 0.481 e. The SMILES string of the molecule is O=C(O)C1CC(C(F)(F)F)CN(C(=O)OCC2c3ccccc3-c3ccccc32)C1. The third-order valence-electron chi connectivity index (χ3n) is 5.86. The number of benzene rings is 2. The van der Waals surface area contributed by atoms with E-state index in [1.807, 2.05) is 48.5 Å².